The van der Waals surface area contributed by atoms with E-state index in [0.29, 0.717) is 13.1 Å². The topological polar surface area (TPSA) is 42.0 Å². The van der Waals surface area contributed by atoms with Gasteiger partial charge in [0.05, 0.1) is 6.54 Å². The summed E-state index contributed by atoms with van der Waals surface area (Å²) in [6.45, 7) is 5.00. The molecule has 98 valence electrons. The number of benzene rings is 1. The van der Waals surface area contributed by atoms with Crippen molar-refractivity contribution in [2.45, 2.75) is 20.4 Å². The Labute approximate surface area is 113 Å². The maximum atomic E-state index is 12.1. The van der Waals surface area contributed by atoms with Gasteiger partial charge in [-0.3, -0.25) is 9.78 Å². The van der Waals surface area contributed by atoms with Crippen molar-refractivity contribution in [1.82, 2.24) is 10.3 Å². The molecule has 0 aliphatic heterocycles. The molecule has 0 spiro atoms. The van der Waals surface area contributed by atoms with Crippen LogP contribution in [0.25, 0.3) is 0 Å². The van der Waals surface area contributed by atoms with Crippen molar-refractivity contribution >= 4 is 5.78 Å². The second kappa shape index (κ2) is 6.25. The fourth-order valence-corrected chi connectivity index (χ4v) is 1.95. The van der Waals surface area contributed by atoms with E-state index in [1.54, 1.807) is 12.4 Å². The normalized spacial score (nSPS) is 10.4. The molecule has 2 rings (SSSR count). The Morgan fingerprint density at radius 2 is 1.89 bits per heavy atom. The number of pyridine rings is 1. The van der Waals surface area contributed by atoms with Gasteiger partial charge < -0.3 is 5.32 Å². The standard InChI is InChI=1S/C16H18N2O/c1-12-3-4-13(2)15(9-12)16(19)11-18-10-14-5-7-17-8-6-14/h3-9,18H,10-11H2,1-2H3. The van der Waals surface area contributed by atoms with E-state index in [1.807, 2.05) is 44.2 Å². The molecule has 1 aromatic carbocycles. The smallest absolute Gasteiger partial charge is 0.176 e. The molecule has 0 unspecified atom stereocenters. The van der Waals surface area contributed by atoms with Crippen LogP contribution in [0.4, 0.5) is 0 Å². The van der Waals surface area contributed by atoms with Crippen LogP contribution in [0.3, 0.4) is 0 Å². The molecule has 1 heterocycles. The zero-order valence-electron chi connectivity index (χ0n) is 11.3. The van der Waals surface area contributed by atoms with Crippen molar-refractivity contribution < 1.29 is 4.79 Å². The van der Waals surface area contributed by atoms with Crippen molar-refractivity contribution in [3.63, 3.8) is 0 Å². The number of rotatable bonds is 5. The summed E-state index contributed by atoms with van der Waals surface area (Å²) in [6, 6.07) is 9.85. The van der Waals surface area contributed by atoms with Crippen LogP contribution in [0.15, 0.2) is 42.7 Å². The maximum Gasteiger partial charge on any atom is 0.176 e. The van der Waals surface area contributed by atoms with Gasteiger partial charge in [0.25, 0.3) is 0 Å². The van der Waals surface area contributed by atoms with Crippen LogP contribution in [-0.2, 0) is 6.54 Å². The van der Waals surface area contributed by atoms with Gasteiger partial charge in [-0.25, -0.2) is 0 Å². The van der Waals surface area contributed by atoms with Crippen molar-refractivity contribution in [2.24, 2.45) is 0 Å². The zero-order chi connectivity index (χ0) is 13.7. The average Bonchev–Trinajstić information content (AvgIpc) is 2.42. The van der Waals surface area contributed by atoms with Crippen LogP contribution in [0.1, 0.15) is 27.0 Å². The number of carbonyl (C=O) groups is 1. The first-order chi connectivity index (χ1) is 9.16. The van der Waals surface area contributed by atoms with Crippen LogP contribution >= 0.6 is 0 Å². The summed E-state index contributed by atoms with van der Waals surface area (Å²) < 4.78 is 0. The number of Topliss-reactive ketones (excluding diaryl/α,β-unsaturated/α-hetero) is 1. The Morgan fingerprint density at radius 3 is 2.63 bits per heavy atom. The fourth-order valence-electron chi connectivity index (χ4n) is 1.95. The lowest BCUT2D eigenvalue weighted by Crippen LogP contribution is -2.23. The van der Waals surface area contributed by atoms with E-state index >= 15 is 0 Å². The lowest BCUT2D eigenvalue weighted by Gasteiger charge is -2.07. The second-order valence-corrected chi connectivity index (χ2v) is 4.70. The van der Waals surface area contributed by atoms with Gasteiger partial charge in [-0.1, -0.05) is 17.7 Å². The number of aryl methyl sites for hydroxylation is 2. The number of hydrogen-bond acceptors (Lipinski definition) is 3. The number of ketones is 1. The van der Waals surface area contributed by atoms with Crippen LogP contribution in [-0.4, -0.2) is 17.3 Å². The highest BCUT2D eigenvalue weighted by atomic mass is 16.1. The van der Waals surface area contributed by atoms with Crippen LogP contribution < -0.4 is 5.32 Å². The maximum absolute atomic E-state index is 12.1. The molecular formula is C16H18N2O. The van der Waals surface area contributed by atoms with E-state index in [2.05, 4.69) is 10.3 Å². The van der Waals surface area contributed by atoms with Crippen LogP contribution in [0.5, 0.6) is 0 Å². The first kappa shape index (κ1) is 13.4. The average molecular weight is 254 g/mol. The highest BCUT2D eigenvalue weighted by Gasteiger charge is 2.08. The molecule has 2 aromatic rings. The third-order valence-corrected chi connectivity index (χ3v) is 3.06. The lowest BCUT2D eigenvalue weighted by molar-refractivity contribution is 0.0990. The summed E-state index contributed by atoms with van der Waals surface area (Å²) in [6.07, 6.45) is 3.51. The van der Waals surface area contributed by atoms with E-state index in [-0.39, 0.29) is 5.78 Å². The molecular weight excluding hydrogens is 236 g/mol. The van der Waals surface area contributed by atoms with Gasteiger partial charge >= 0.3 is 0 Å². The molecule has 19 heavy (non-hydrogen) atoms. The van der Waals surface area contributed by atoms with Gasteiger partial charge in [0.1, 0.15) is 0 Å². The van der Waals surface area contributed by atoms with Gasteiger partial charge in [-0.05, 0) is 43.2 Å². The molecule has 1 aromatic heterocycles. The molecule has 1 N–H and O–H groups in total. The van der Waals surface area contributed by atoms with Gasteiger partial charge in [-0.15, -0.1) is 0 Å². The first-order valence-corrected chi connectivity index (χ1v) is 6.37. The van der Waals surface area contributed by atoms with E-state index in [0.717, 1.165) is 22.3 Å². The van der Waals surface area contributed by atoms with E-state index in [4.69, 9.17) is 0 Å². The van der Waals surface area contributed by atoms with Crippen LogP contribution in [0, 0.1) is 13.8 Å². The predicted octanol–water partition coefficient (Wildman–Crippen LogP) is 2.67. The molecule has 3 heteroatoms. The third kappa shape index (κ3) is 3.73. The third-order valence-electron chi connectivity index (χ3n) is 3.06. The molecule has 0 saturated carbocycles. The SMILES string of the molecule is Cc1ccc(C)c(C(=O)CNCc2ccncc2)c1. The monoisotopic (exact) mass is 254 g/mol. The molecule has 0 radical (unpaired) electrons. The summed E-state index contributed by atoms with van der Waals surface area (Å²) in [4.78, 5) is 16.1. The summed E-state index contributed by atoms with van der Waals surface area (Å²) in [5, 5.41) is 3.17. The van der Waals surface area contributed by atoms with Crippen molar-refractivity contribution in [3.8, 4) is 0 Å². The van der Waals surface area contributed by atoms with E-state index in [9.17, 15) is 4.79 Å². The molecule has 0 fully saturated rings. The minimum atomic E-state index is 0.134. The zero-order valence-corrected chi connectivity index (χ0v) is 11.3. The quantitative estimate of drug-likeness (QED) is 0.834. The Kier molecular flexibility index (Phi) is 4.42. The number of nitrogens with one attached hydrogen (secondary N) is 1. The predicted molar refractivity (Wildman–Crippen MR) is 76.2 cm³/mol. The molecule has 3 nitrogen and oxygen atoms in total. The first-order valence-electron chi connectivity index (χ1n) is 6.37. The number of aromatic nitrogens is 1. The lowest BCUT2D eigenvalue weighted by atomic mass is 10.0. The molecule has 0 atom stereocenters. The second-order valence-electron chi connectivity index (χ2n) is 4.70. The molecule has 0 aliphatic rings. The molecule has 0 bridgehead atoms. The Bertz CT molecular complexity index is 564. The highest BCUT2D eigenvalue weighted by Crippen LogP contribution is 2.11. The number of carbonyl (C=O) groups excluding carboxylic acids is 1. The van der Waals surface area contributed by atoms with Gasteiger partial charge in [0.2, 0.25) is 0 Å². The van der Waals surface area contributed by atoms with Crippen molar-refractivity contribution in [3.05, 3.63) is 65.0 Å². The summed E-state index contributed by atoms with van der Waals surface area (Å²) >= 11 is 0. The number of hydrogen-bond donors (Lipinski definition) is 1. The van der Waals surface area contributed by atoms with E-state index in [1.165, 1.54) is 0 Å². The number of nitrogens with zero attached hydrogens (tertiary/aromatic N) is 1. The summed E-state index contributed by atoms with van der Waals surface area (Å²) in [5.41, 5.74) is 4.08. The molecule has 0 aliphatic carbocycles. The fraction of sp³-hybridized carbons (Fsp3) is 0.250. The largest absolute Gasteiger partial charge is 0.306 e. The van der Waals surface area contributed by atoms with Gasteiger partial charge in [0, 0.05) is 24.5 Å². The van der Waals surface area contributed by atoms with Gasteiger partial charge in [0.15, 0.2) is 5.78 Å². The Hall–Kier alpha value is -2.00. The summed E-state index contributed by atoms with van der Waals surface area (Å²) in [7, 11) is 0. The highest BCUT2D eigenvalue weighted by molar-refractivity contribution is 5.99. The molecule has 0 amide bonds. The Balaban J connectivity index is 1.93. The Morgan fingerprint density at radius 1 is 1.16 bits per heavy atom. The molecule has 0 saturated heterocycles. The summed E-state index contributed by atoms with van der Waals surface area (Å²) in [5.74, 6) is 0.134. The van der Waals surface area contributed by atoms with Crippen LogP contribution in [0.2, 0.25) is 0 Å². The van der Waals surface area contributed by atoms with Crippen molar-refractivity contribution in [1.29, 1.82) is 0 Å². The van der Waals surface area contributed by atoms with Crippen molar-refractivity contribution in [2.75, 3.05) is 6.54 Å². The van der Waals surface area contributed by atoms with E-state index < -0.39 is 0 Å². The minimum Gasteiger partial charge on any atom is -0.306 e. The van der Waals surface area contributed by atoms with Gasteiger partial charge in [-0.2, -0.15) is 0 Å². The minimum absolute atomic E-state index is 0.134.